The van der Waals surface area contributed by atoms with Crippen molar-refractivity contribution < 1.29 is 9.34 Å². The van der Waals surface area contributed by atoms with E-state index < -0.39 is 0 Å². The van der Waals surface area contributed by atoms with E-state index in [-0.39, 0.29) is 10.6 Å². The zero-order valence-electron chi connectivity index (χ0n) is 14.0. The van der Waals surface area contributed by atoms with Crippen LogP contribution in [0.3, 0.4) is 0 Å². The average molecular weight is 377 g/mol. The van der Waals surface area contributed by atoms with Crippen molar-refractivity contribution in [1.29, 1.82) is 0 Å². The summed E-state index contributed by atoms with van der Waals surface area (Å²) in [5.41, 5.74) is 2.10. The van der Waals surface area contributed by atoms with Gasteiger partial charge >= 0.3 is 0 Å². The molecule has 5 rings (SSSR count). The van der Waals surface area contributed by atoms with E-state index in [0.717, 1.165) is 11.0 Å². The summed E-state index contributed by atoms with van der Waals surface area (Å²) < 4.78 is 7.47. The van der Waals surface area contributed by atoms with Gasteiger partial charge in [-0.2, -0.15) is 9.61 Å². The number of para-hydroxylation sites is 1. The lowest BCUT2D eigenvalue weighted by atomic mass is 10.1. The molecule has 0 unspecified atom stereocenters. The van der Waals surface area contributed by atoms with Crippen LogP contribution >= 0.6 is 11.3 Å². The van der Waals surface area contributed by atoms with Crippen molar-refractivity contribution in [3.8, 4) is 22.2 Å². The second kappa shape index (κ2) is 5.71. The van der Waals surface area contributed by atoms with Gasteiger partial charge < -0.3 is 4.42 Å². The molecule has 0 amide bonds. The normalized spacial score (nSPS) is 11.4. The van der Waals surface area contributed by atoms with Crippen LogP contribution < -0.4 is 0 Å². The van der Waals surface area contributed by atoms with Crippen LogP contribution in [0.2, 0.25) is 0 Å². The first-order valence-electron chi connectivity index (χ1n) is 8.07. The molecule has 27 heavy (non-hydrogen) atoms. The van der Waals surface area contributed by atoms with Gasteiger partial charge in [0, 0.05) is 22.6 Å². The number of furan rings is 1. The number of hydrogen-bond donors (Lipinski definition) is 0. The van der Waals surface area contributed by atoms with Gasteiger partial charge in [0.2, 0.25) is 10.8 Å². The van der Waals surface area contributed by atoms with Gasteiger partial charge in [-0.1, -0.05) is 41.7 Å². The molecular formula is C18H11N5O3S. The van der Waals surface area contributed by atoms with Crippen molar-refractivity contribution in [2.45, 2.75) is 6.92 Å². The molecule has 2 aromatic carbocycles. The summed E-state index contributed by atoms with van der Waals surface area (Å²) in [6.07, 6.45) is 0. The van der Waals surface area contributed by atoms with E-state index in [1.54, 1.807) is 17.5 Å². The topological polar surface area (TPSA) is 99.4 Å². The Morgan fingerprint density at radius 1 is 1.15 bits per heavy atom. The number of hydrogen-bond acceptors (Lipinski definition) is 7. The van der Waals surface area contributed by atoms with E-state index in [0.29, 0.717) is 32.7 Å². The van der Waals surface area contributed by atoms with Crippen LogP contribution in [0.4, 0.5) is 5.69 Å². The number of benzene rings is 2. The molecule has 0 saturated carbocycles. The Kier molecular flexibility index (Phi) is 3.31. The second-order valence-corrected chi connectivity index (χ2v) is 6.94. The molecule has 0 fully saturated rings. The van der Waals surface area contributed by atoms with E-state index in [2.05, 4.69) is 15.3 Å². The van der Waals surface area contributed by atoms with Gasteiger partial charge in [0.05, 0.1) is 4.92 Å². The van der Waals surface area contributed by atoms with E-state index in [1.165, 1.54) is 17.4 Å². The van der Waals surface area contributed by atoms with Gasteiger partial charge in [-0.05, 0) is 19.1 Å². The molecule has 3 aromatic heterocycles. The van der Waals surface area contributed by atoms with Crippen LogP contribution in [-0.2, 0) is 0 Å². The minimum Gasteiger partial charge on any atom is -0.453 e. The molecule has 132 valence electrons. The molecule has 8 nitrogen and oxygen atoms in total. The first kappa shape index (κ1) is 15.6. The fourth-order valence-electron chi connectivity index (χ4n) is 3.02. The monoisotopic (exact) mass is 377 g/mol. The van der Waals surface area contributed by atoms with Crippen LogP contribution in [0.1, 0.15) is 5.56 Å². The van der Waals surface area contributed by atoms with E-state index in [1.807, 2.05) is 36.4 Å². The lowest BCUT2D eigenvalue weighted by Crippen LogP contribution is -1.94. The quantitative estimate of drug-likeness (QED) is 0.339. The SMILES string of the molecule is Cc1c(-c2nn3c(-c4cc5ccccc5o4)nnc3s2)cccc1[N+](=O)[O-]. The van der Waals surface area contributed by atoms with Crippen LogP contribution in [0, 0.1) is 17.0 Å². The Labute approximate surface area is 155 Å². The molecule has 0 aliphatic rings. The lowest BCUT2D eigenvalue weighted by molar-refractivity contribution is -0.385. The molecule has 5 aromatic rings. The second-order valence-electron chi connectivity index (χ2n) is 5.98. The predicted molar refractivity (Wildman–Crippen MR) is 101 cm³/mol. The minimum absolute atomic E-state index is 0.0657. The van der Waals surface area contributed by atoms with Crippen molar-refractivity contribution in [2.75, 3.05) is 0 Å². The third kappa shape index (κ3) is 2.40. The number of fused-ring (bicyclic) bond motifs is 2. The van der Waals surface area contributed by atoms with Crippen molar-refractivity contribution in [3.05, 3.63) is 64.2 Å². The number of aromatic nitrogens is 4. The van der Waals surface area contributed by atoms with E-state index in [9.17, 15) is 10.1 Å². The Balaban J connectivity index is 1.66. The fourth-order valence-corrected chi connectivity index (χ4v) is 3.95. The third-order valence-electron chi connectivity index (χ3n) is 4.37. The molecule has 0 radical (unpaired) electrons. The number of nitro groups is 1. The molecule has 0 saturated heterocycles. The van der Waals surface area contributed by atoms with Gasteiger partial charge in [0.25, 0.3) is 5.69 Å². The maximum atomic E-state index is 11.2. The van der Waals surface area contributed by atoms with Gasteiger partial charge in [-0.3, -0.25) is 10.1 Å². The summed E-state index contributed by atoms with van der Waals surface area (Å²) in [6.45, 7) is 1.72. The first-order valence-corrected chi connectivity index (χ1v) is 8.89. The summed E-state index contributed by atoms with van der Waals surface area (Å²) >= 11 is 1.32. The Bertz CT molecular complexity index is 1300. The Morgan fingerprint density at radius 2 is 2.00 bits per heavy atom. The van der Waals surface area contributed by atoms with Gasteiger partial charge in [-0.15, -0.1) is 10.2 Å². The smallest absolute Gasteiger partial charge is 0.273 e. The molecule has 0 bridgehead atoms. The van der Waals surface area contributed by atoms with E-state index in [4.69, 9.17) is 4.42 Å². The van der Waals surface area contributed by atoms with Crippen LogP contribution in [0.5, 0.6) is 0 Å². The number of nitrogens with zero attached hydrogens (tertiary/aromatic N) is 5. The van der Waals surface area contributed by atoms with Crippen LogP contribution in [-0.4, -0.2) is 24.7 Å². The highest BCUT2D eigenvalue weighted by Crippen LogP contribution is 2.34. The molecule has 0 aliphatic heterocycles. The maximum Gasteiger partial charge on any atom is 0.273 e. The predicted octanol–water partition coefficient (Wildman–Crippen LogP) is 4.48. The molecular weight excluding hydrogens is 366 g/mol. The van der Waals surface area contributed by atoms with Crippen molar-refractivity contribution in [1.82, 2.24) is 19.8 Å². The fraction of sp³-hybridized carbons (Fsp3) is 0.0556. The third-order valence-corrected chi connectivity index (χ3v) is 5.30. The maximum absolute atomic E-state index is 11.2. The minimum atomic E-state index is -0.390. The number of nitro benzene ring substituents is 1. The molecule has 0 aliphatic carbocycles. The summed E-state index contributed by atoms with van der Waals surface area (Å²) in [4.78, 5) is 11.4. The largest absolute Gasteiger partial charge is 0.453 e. The van der Waals surface area contributed by atoms with Crippen LogP contribution in [0.25, 0.3) is 38.1 Å². The highest BCUT2D eigenvalue weighted by atomic mass is 32.1. The lowest BCUT2D eigenvalue weighted by Gasteiger charge is -2.02. The zero-order chi connectivity index (χ0) is 18.5. The standard InChI is InChI=1S/C18H11N5O3S/c1-10-12(6-4-7-13(10)23(24)25)17-21-22-16(19-20-18(22)27-17)15-9-11-5-2-3-8-14(11)26-15/h2-9H,1H3. The summed E-state index contributed by atoms with van der Waals surface area (Å²) in [7, 11) is 0. The van der Waals surface area contributed by atoms with Crippen molar-refractivity contribution in [3.63, 3.8) is 0 Å². The summed E-state index contributed by atoms with van der Waals surface area (Å²) in [6, 6.07) is 14.5. The molecule has 0 N–H and O–H groups in total. The highest BCUT2D eigenvalue weighted by molar-refractivity contribution is 7.19. The van der Waals surface area contributed by atoms with Gasteiger partial charge in [-0.25, -0.2) is 0 Å². The first-order chi connectivity index (χ1) is 13.1. The Hall–Kier alpha value is -3.59. The van der Waals surface area contributed by atoms with Crippen LogP contribution in [0.15, 0.2) is 52.9 Å². The zero-order valence-corrected chi connectivity index (χ0v) is 14.8. The van der Waals surface area contributed by atoms with Gasteiger partial charge in [0.1, 0.15) is 10.6 Å². The van der Waals surface area contributed by atoms with Crippen molar-refractivity contribution in [2.24, 2.45) is 0 Å². The molecule has 0 spiro atoms. The molecule has 0 atom stereocenters. The van der Waals surface area contributed by atoms with Crippen molar-refractivity contribution >= 4 is 33.0 Å². The number of rotatable bonds is 3. The van der Waals surface area contributed by atoms with E-state index >= 15 is 0 Å². The molecule has 9 heteroatoms. The van der Waals surface area contributed by atoms with Gasteiger partial charge in [0.15, 0.2) is 5.76 Å². The summed E-state index contributed by atoms with van der Waals surface area (Å²) in [5.74, 6) is 1.06. The molecule has 3 heterocycles. The highest BCUT2D eigenvalue weighted by Gasteiger charge is 2.21. The average Bonchev–Trinajstić information content (AvgIpc) is 3.34. The Morgan fingerprint density at radius 3 is 2.81 bits per heavy atom. The summed E-state index contributed by atoms with van der Waals surface area (Å²) in [5, 5.41) is 25.7.